The molecule has 162 valence electrons. The molecule has 1 atom stereocenters. The number of carbonyl (C=O) groups is 2. The summed E-state index contributed by atoms with van der Waals surface area (Å²) in [4.78, 5) is 27.5. The minimum atomic E-state index is -4.51. The van der Waals surface area contributed by atoms with Crippen LogP contribution >= 0.6 is 23.4 Å². The van der Waals surface area contributed by atoms with Crippen molar-refractivity contribution in [3.05, 3.63) is 58.7 Å². The van der Waals surface area contributed by atoms with Crippen molar-refractivity contribution in [2.75, 3.05) is 12.3 Å². The molecule has 2 aromatic rings. The molecule has 0 spiro atoms. The van der Waals surface area contributed by atoms with Gasteiger partial charge in [0, 0.05) is 18.5 Å². The molecular formula is C19H19ClF3N3O3S. The van der Waals surface area contributed by atoms with Crippen LogP contribution in [-0.2, 0) is 22.3 Å². The number of ether oxygens (including phenoxy) is 1. The maximum absolute atomic E-state index is 12.6. The summed E-state index contributed by atoms with van der Waals surface area (Å²) in [5.74, 6) is -0.103. The molecule has 0 aliphatic heterocycles. The van der Waals surface area contributed by atoms with E-state index in [1.807, 2.05) is 18.2 Å². The predicted octanol–water partition coefficient (Wildman–Crippen LogP) is 4.28. The number of aromatic nitrogens is 1. The molecule has 0 radical (unpaired) electrons. The van der Waals surface area contributed by atoms with Gasteiger partial charge < -0.3 is 15.4 Å². The Hall–Kier alpha value is -2.46. The highest BCUT2D eigenvalue weighted by Crippen LogP contribution is 2.33. The number of benzene rings is 1. The standard InChI is InChI=1S/C19H19ClF3N3O3S/c1-12(26-18(28)29-11-13-5-3-2-4-6-13)16(27)24-7-8-30-17-15(20)9-14(10-25-17)19(21,22)23/h2-6,9-10,12H,7-8,11H2,1H3,(H,24,27)(H,26,28). The van der Waals surface area contributed by atoms with E-state index in [1.165, 1.54) is 6.92 Å². The van der Waals surface area contributed by atoms with Gasteiger partial charge in [0.2, 0.25) is 5.91 Å². The Morgan fingerprint density at radius 3 is 2.60 bits per heavy atom. The van der Waals surface area contributed by atoms with E-state index in [9.17, 15) is 22.8 Å². The van der Waals surface area contributed by atoms with Gasteiger partial charge in [0.05, 0.1) is 10.6 Å². The number of nitrogens with one attached hydrogen (secondary N) is 2. The van der Waals surface area contributed by atoms with Crippen molar-refractivity contribution in [2.24, 2.45) is 0 Å². The first-order valence-corrected chi connectivity index (χ1v) is 10.1. The number of hydrogen-bond donors (Lipinski definition) is 2. The number of hydrogen-bond acceptors (Lipinski definition) is 5. The van der Waals surface area contributed by atoms with Crippen molar-refractivity contribution in [1.29, 1.82) is 0 Å². The van der Waals surface area contributed by atoms with Crippen LogP contribution in [0.15, 0.2) is 47.6 Å². The van der Waals surface area contributed by atoms with Crippen molar-refractivity contribution >= 4 is 35.4 Å². The quantitative estimate of drug-likeness (QED) is 0.453. The van der Waals surface area contributed by atoms with Crippen LogP contribution in [0.1, 0.15) is 18.1 Å². The molecule has 2 amide bonds. The normalized spacial score (nSPS) is 12.2. The van der Waals surface area contributed by atoms with Gasteiger partial charge in [-0.25, -0.2) is 9.78 Å². The lowest BCUT2D eigenvalue weighted by atomic mass is 10.2. The summed E-state index contributed by atoms with van der Waals surface area (Å²) < 4.78 is 42.9. The fourth-order valence-corrected chi connectivity index (χ4v) is 3.22. The zero-order chi connectivity index (χ0) is 22.1. The monoisotopic (exact) mass is 461 g/mol. The lowest BCUT2D eigenvalue weighted by molar-refractivity contribution is -0.137. The molecule has 11 heteroatoms. The molecule has 2 rings (SSSR count). The Morgan fingerprint density at radius 1 is 1.27 bits per heavy atom. The molecule has 0 aliphatic rings. The second-order valence-electron chi connectivity index (χ2n) is 6.08. The van der Waals surface area contributed by atoms with Crippen molar-refractivity contribution in [2.45, 2.75) is 30.8 Å². The largest absolute Gasteiger partial charge is 0.445 e. The first kappa shape index (κ1) is 23.8. The van der Waals surface area contributed by atoms with Crippen molar-refractivity contribution in [1.82, 2.24) is 15.6 Å². The molecule has 0 aliphatic carbocycles. The first-order valence-electron chi connectivity index (χ1n) is 8.77. The lowest BCUT2D eigenvalue weighted by Crippen LogP contribution is -2.45. The van der Waals surface area contributed by atoms with Gasteiger partial charge in [-0.2, -0.15) is 13.2 Å². The van der Waals surface area contributed by atoms with Gasteiger partial charge in [-0.1, -0.05) is 41.9 Å². The van der Waals surface area contributed by atoms with E-state index >= 15 is 0 Å². The molecule has 0 saturated heterocycles. The lowest BCUT2D eigenvalue weighted by Gasteiger charge is -2.14. The van der Waals surface area contributed by atoms with Gasteiger partial charge in [-0.05, 0) is 18.6 Å². The number of alkyl halides is 3. The molecule has 1 heterocycles. The van der Waals surface area contributed by atoms with E-state index in [2.05, 4.69) is 15.6 Å². The minimum Gasteiger partial charge on any atom is -0.445 e. The Kier molecular flexibility index (Phi) is 8.79. The minimum absolute atomic E-state index is 0.0819. The smallest absolute Gasteiger partial charge is 0.417 e. The second kappa shape index (κ2) is 11.1. The van der Waals surface area contributed by atoms with E-state index in [0.717, 1.165) is 23.4 Å². The molecule has 1 aromatic carbocycles. The molecule has 1 aromatic heterocycles. The summed E-state index contributed by atoms with van der Waals surface area (Å²) in [5.41, 5.74) is -0.110. The maximum Gasteiger partial charge on any atom is 0.417 e. The van der Waals surface area contributed by atoms with Crippen LogP contribution in [0.25, 0.3) is 0 Å². The van der Waals surface area contributed by atoms with Gasteiger partial charge in [-0.3, -0.25) is 4.79 Å². The SMILES string of the molecule is CC(NC(=O)OCc1ccccc1)C(=O)NCCSc1ncc(C(F)(F)F)cc1Cl. The van der Waals surface area contributed by atoms with Gasteiger partial charge in [-0.15, -0.1) is 11.8 Å². The average Bonchev–Trinajstić information content (AvgIpc) is 2.70. The van der Waals surface area contributed by atoms with E-state index in [1.54, 1.807) is 12.1 Å². The number of halogens is 4. The molecule has 1 unspecified atom stereocenters. The van der Waals surface area contributed by atoms with Crippen molar-refractivity contribution < 1.29 is 27.5 Å². The van der Waals surface area contributed by atoms with Crippen molar-refractivity contribution in [3.8, 4) is 0 Å². The Morgan fingerprint density at radius 2 is 1.97 bits per heavy atom. The Bertz CT molecular complexity index is 869. The summed E-state index contributed by atoms with van der Waals surface area (Å²) in [6.45, 7) is 1.78. The fourth-order valence-electron chi connectivity index (χ4n) is 2.17. The van der Waals surface area contributed by atoms with Crippen LogP contribution in [0.3, 0.4) is 0 Å². The number of rotatable bonds is 8. The third-order valence-electron chi connectivity index (χ3n) is 3.72. The fraction of sp³-hybridized carbons (Fsp3) is 0.316. The second-order valence-corrected chi connectivity index (χ2v) is 7.57. The zero-order valence-corrected chi connectivity index (χ0v) is 17.4. The number of nitrogens with zero attached hydrogens (tertiary/aromatic N) is 1. The molecule has 6 nitrogen and oxygen atoms in total. The molecule has 2 N–H and O–H groups in total. The van der Waals surface area contributed by atoms with Gasteiger partial charge in [0.15, 0.2) is 0 Å². The van der Waals surface area contributed by atoms with Gasteiger partial charge >= 0.3 is 12.3 Å². The molecular weight excluding hydrogens is 443 g/mol. The Labute approximate surface area is 180 Å². The van der Waals surface area contributed by atoms with Gasteiger partial charge in [0.25, 0.3) is 0 Å². The third-order valence-corrected chi connectivity index (χ3v) is 5.12. The summed E-state index contributed by atoms with van der Waals surface area (Å²) >= 11 is 6.93. The van der Waals surface area contributed by atoms with Crippen LogP contribution in [-0.4, -0.2) is 35.3 Å². The van der Waals surface area contributed by atoms with E-state index < -0.39 is 29.8 Å². The van der Waals surface area contributed by atoms with Crippen LogP contribution in [0.2, 0.25) is 5.02 Å². The predicted molar refractivity (Wildman–Crippen MR) is 107 cm³/mol. The number of pyridine rings is 1. The van der Waals surface area contributed by atoms with E-state index in [-0.39, 0.29) is 23.2 Å². The highest BCUT2D eigenvalue weighted by molar-refractivity contribution is 7.99. The van der Waals surface area contributed by atoms with E-state index in [0.29, 0.717) is 11.9 Å². The summed E-state index contributed by atoms with van der Waals surface area (Å²) in [6.07, 6.45) is -4.53. The number of amides is 2. The summed E-state index contributed by atoms with van der Waals surface area (Å²) in [6, 6.07) is 9.07. The molecule has 0 bridgehead atoms. The molecule has 0 fully saturated rings. The highest BCUT2D eigenvalue weighted by atomic mass is 35.5. The van der Waals surface area contributed by atoms with Gasteiger partial charge in [0.1, 0.15) is 17.7 Å². The topological polar surface area (TPSA) is 80.3 Å². The van der Waals surface area contributed by atoms with Crippen LogP contribution in [0.4, 0.5) is 18.0 Å². The van der Waals surface area contributed by atoms with Crippen molar-refractivity contribution in [3.63, 3.8) is 0 Å². The number of alkyl carbamates (subject to hydrolysis) is 1. The summed E-state index contributed by atoms with van der Waals surface area (Å²) in [7, 11) is 0. The molecule has 30 heavy (non-hydrogen) atoms. The molecule has 0 saturated carbocycles. The van der Waals surface area contributed by atoms with Crippen LogP contribution in [0.5, 0.6) is 0 Å². The van der Waals surface area contributed by atoms with Crippen LogP contribution < -0.4 is 10.6 Å². The Balaban J connectivity index is 1.69. The maximum atomic E-state index is 12.6. The zero-order valence-electron chi connectivity index (χ0n) is 15.8. The van der Waals surface area contributed by atoms with Crippen LogP contribution in [0, 0.1) is 0 Å². The highest BCUT2D eigenvalue weighted by Gasteiger charge is 2.31. The average molecular weight is 462 g/mol. The van der Waals surface area contributed by atoms with E-state index in [4.69, 9.17) is 16.3 Å². The first-order chi connectivity index (χ1) is 14.2. The number of thioether (sulfide) groups is 1. The third kappa shape index (κ3) is 7.75. The summed E-state index contributed by atoms with van der Waals surface area (Å²) in [5, 5.41) is 5.14. The number of carbonyl (C=O) groups excluding carboxylic acids is 2.